The number of H-pyrrole nitrogens is 1. The first-order valence-electron chi connectivity index (χ1n) is 5.30. The summed E-state index contributed by atoms with van der Waals surface area (Å²) in [6, 6.07) is 5.11. The maximum Gasteiger partial charge on any atom is 0.248 e. The number of aromatic nitrogens is 1. The molecule has 1 heterocycles. The number of methoxy groups -OCH3 is 1. The molecule has 2 rings (SSSR count). The number of hydrogen-bond acceptors (Lipinski definition) is 3. The molecule has 2 aromatic rings. The highest BCUT2D eigenvalue weighted by atomic mass is 16.5. The number of ether oxygens (including phenoxy) is 1. The lowest BCUT2D eigenvalue weighted by molar-refractivity contribution is -0.107. The van der Waals surface area contributed by atoms with Crippen LogP contribution >= 0.6 is 0 Å². The van der Waals surface area contributed by atoms with E-state index in [-0.39, 0.29) is 12.0 Å². The Morgan fingerprint density at radius 2 is 2.18 bits per heavy atom. The molecule has 0 aliphatic carbocycles. The first kappa shape index (κ1) is 11.4. The molecule has 0 aliphatic heterocycles. The van der Waals surface area contributed by atoms with Gasteiger partial charge in [0.25, 0.3) is 0 Å². The van der Waals surface area contributed by atoms with E-state index >= 15 is 0 Å². The maximum atomic E-state index is 11.4. The summed E-state index contributed by atoms with van der Waals surface area (Å²) in [6.45, 7) is 1.94. The quantitative estimate of drug-likeness (QED) is 0.816. The van der Waals surface area contributed by atoms with Crippen LogP contribution in [0.5, 0.6) is 5.75 Å². The van der Waals surface area contributed by atoms with E-state index in [1.165, 1.54) is 6.07 Å². The van der Waals surface area contributed by atoms with Gasteiger partial charge in [0.15, 0.2) is 0 Å². The second kappa shape index (κ2) is 4.41. The van der Waals surface area contributed by atoms with Gasteiger partial charge in [-0.3, -0.25) is 4.79 Å². The minimum atomic E-state index is -0.183. The number of carbonyl (C=O) groups excluding carboxylic acids is 1. The van der Waals surface area contributed by atoms with Crippen LogP contribution in [0.2, 0.25) is 0 Å². The number of benzene rings is 1. The van der Waals surface area contributed by atoms with Crippen molar-refractivity contribution in [1.29, 1.82) is 0 Å². The molecule has 0 fully saturated rings. The van der Waals surface area contributed by atoms with Gasteiger partial charge in [0.2, 0.25) is 5.56 Å². The molecule has 1 N–H and O–H groups in total. The Morgan fingerprint density at radius 3 is 2.82 bits per heavy atom. The fourth-order valence-corrected chi connectivity index (χ4v) is 1.99. The van der Waals surface area contributed by atoms with Crippen molar-refractivity contribution in [3.05, 3.63) is 39.7 Å². The minimum absolute atomic E-state index is 0.183. The number of fused-ring (bicyclic) bond motifs is 1. The molecular weight excluding hydrogens is 218 g/mol. The van der Waals surface area contributed by atoms with Crippen LogP contribution in [0.4, 0.5) is 0 Å². The van der Waals surface area contributed by atoms with Crippen molar-refractivity contribution in [1.82, 2.24) is 4.98 Å². The van der Waals surface area contributed by atoms with Crippen molar-refractivity contribution in [3.8, 4) is 5.75 Å². The summed E-state index contributed by atoms with van der Waals surface area (Å²) in [4.78, 5) is 24.8. The molecule has 0 spiro atoms. The predicted octanol–water partition coefficient (Wildman–Crippen LogP) is 1.59. The van der Waals surface area contributed by atoms with Crippen LogP contribution in [0.15, 0.2) is 23.0 Å². The Bertz CT molecular complexity index is 628. The number of rotatable bonds is 3. The van der Waals surface area contributed by atoms with E-state index in [4.69, 9.17) is 4.74 Å². The van der Waals surface area contributed by atoms with Gasteiger partial charge >= 0.3 is 0 Å². The zero-order valence-electron chi connectivity index (χ0n) is 9.74. The summed E-state index contributed by atoms with van der Waals surface area (Å²) in [5.74, 6) is 0.629. The van der Waals surface area contributed by atoms with E-state index in [1.807, 2.05) is 13.0 Å². The van der Waals surface area contributed by atoms with E-state index in [9.17, 15) is 9.59 Å². The summed E-state index contributed by atoms with van der Waals surface area (Å²) in [7, 11) is 1.55. The van der Waals surface area contributed by atoms with Gasteiger partial charge in [0, 0.05) is 23.4 Å². The lowest BCUT2D eigenvalue weighted by atomic mass is 10.0. The number of carbonyl (C=O) groups is 1. The molecule has 88 valence electrons. The fourth-order valence-electron chi connectivity index (χ4n) is 1.99. The summed E-state index contributed by atoms with van der Waals surface area (Å²) in [5.41, 5.74) is 2.22. The highest BCUT2D eigenvalue weighted by molar-refractivity contribution is 5.88. The third-order valence-electron chi connectivity index (χ3n) is 2.80. The molecule has 0 unspecified atom stereocenters. The largest absolute Gasteiger partial charge is 0.496 e. The lowest BCUT2D eigenvalue weighted by Crippen LogP contribution is -2.06. The molecule has 4 nitrogen and oxygen atoms in total. The molecule has 0 amide bonds. The number of pyridine rings is 1. The number of aldehydes is 1. The first-order valence-corrected chi connectivity index (χ1v) is 5.30. The fraction of sp³-hybridized carbons (Fsp3) is 0.231. The molecule has 0 atom stereocenters. The Balaban J connectivity index is 2.89. The van der Waals surface area contributed by atoms with Gasteiger partial charge in [-0.25, -0.2) is 0 Å². The molecule has 0 saturated heterocycles. The van der Waals surface area contributed by atoms with Gasteiger partial charge in [-0.05, 0) is 24.6 Å². The van der Waals surface area contributed by atoms with Gasteiger partial charge in [-0.2, -0.15) is 0 Å². The van der Waals surface area contributed by atoms with Crippen LogP contribution in [0.25, 0.3) is 10.9 Å². The Labute approximate surface area is 98.2 Å². The van der Waals surface area contributed by atoms with E-state index < -0.39 is 0 Å². The van der Waals surface area contributed by atoms with Crippen LogP contribution in [0.3, 0.4) is 0 Å². The topological polar surface area (TPSA) is 59.2 Å². The van der Waals surface area contributed by atoms with Crippen molar-refractivity contribution in [3.63, 3.8) is 0 Å². The van der Waals surface area contributed by atoms with Crippen LogP contribution in [0, 0.1) is 6.92 Å². The SMILES string of the molecule is COc1cc(C)c2ccc(=O)[nH]c2c1CC=O. The van der Waals surface area contributed by atoms with Crippen LogP contribution in [-0.2, 0) is 11.2 Å². The molecule has 0 bridgehead atoms. The van der Waals surface area contributed by atoms with Crippen molar-refractivity contribution in [2.75, 3.05) is 7.11 Å². The predicted molar refractivity (Wildman–Crippen MR) is 65.6 cm³/mol. The van der Waals surface area contributed by atoms with Crippen molar-refractivity contribution in [2.45, 2.75) is 13.3 Å². The third kappa shape index (κ3) is 1.93. The van der Waals surface area contributed by atoms with Crippen LogP contribution in [-0.4, -0.2) is 18.4 Å². The number of nitrogens with one attached hydrogen (secondary N) is 1. The second-order valence-electron chi connectivity index (χ2n) is 3.86. The molecule has 0 radical (unpaired) electrons. The molecule has 17 heavy (non-hydrogen) atoms. The molecule has 1 aromatic heterocycles. The number of hydrogen-bond donors (Lipinski definition) is 1. The molecule has 0 saturated carbocycles. The van der Waals surface area contributed by atoms with Gasteiger partial charge in [0.1, 0.15) is 12.0 Å². The molecule has 0 aliphatic rings. The Kier molecular flexibility index (Phi) is 2.95. The molecule has 1 aromatic carbocycles. The molecule has 4 heteroatoms. The summed E-state index contributed by atoms with van der Waals surface area (Å²) >= 11 is 0. The lowest BCUT2D eigenvalue weighted by Gasteiger charge is -2.11. The highest BCUT2D eigenvalue weighted by Gasteiger charge is 2.11. The number of aromatic amines is 1. The van der Waals surface area contributed by atoms with Gasteiger partial charge < -0.3 is 14.5 Å². The van der Waals surface area contributed by atoms with Crippen LogP contribution < -0.4 is 10.3 Å². The summed E-state index contributed by atoms with van der Waals surface area (Å²) < 4.78 is 5.25. The van der Waals surface area contributed by atoms with E-state index in [1.54, 1.807) is 13.2 Å². The maximum absolute atomic E-state index is 11.4. The molecular formula is C13H13NO3. The third-order valence-corrected chi connectivity index (χ3v) is 2.80. The number of aryl methyl sites for hydroxylation is 1. The second-order valence-corrected chi connectivity index (χ2v) is 3.86. The van der Waals surface area contributed by atoms with Gasteiger partial charge in [-0.15, -0.1) is 0 Å². The summed E-state index contributed by atoms with van der Waals surface area (Å²) in [5, 5.41) is 0.933. The van der Waals surface area contributed by atoms with E-state index in [0.29, 0.717) is 11.3 Å². The van der Waals surface area contributed by atoms with Gasteiger partial charge in [-0.1, -0.05) is 0 Å². The van der Waals surface area contributed by atoms with Crippen molar-refractivity contribution < 1.29 is 9.53 Å². The average Bonchev–Trinajstić information content (AvgIpc) is 2.32. The monoisotopic (exact) mass is 231 g/mol. The smallest absolute Gasteiger partial charge is 0.248 e. The van der Waals surface area contributed by atoms with Gasteiger partial charge in [0.05, 0.1) is 12.6 Å². The van der Waals surface area contributed by atoms with Crippen molar-refractivity contribution >= 4 is 17.2 Å². The highest BCUT2D eigenvalue weighted by Crippen LogP contribution is 2.28. The van der Waals surface area contributed by atoms with Crippen LogP contribution in [0.1, 0.15) is 11.1 Å². The summed E-state index contributed by atoms with van der Waals surface area (Å²) in [6.07, 6.45) is 1.03. The standard InChI is InChI=1S/C13H13NO3/c1-8-7-11(17-2)10(5-6-15)13-9(8)3-4-12(16)14-13/h3-4,6-7H,5H2,1-2H3,(H,14,16). The normalized spacial score (nSPS) is 10.5. The first-order chi connectivity index (χ1) is 8.17. The van der Waals surface area contributed by atoms with E-state index in [2.05, 4.69) is 4.98 Å². The van der Waals surface area contributed by atoms with E-state index in [0.717, 1.165) is 22.8 Å². The average molecular weight is 231 g/mol. The van der Waals surface area contributed by atoms with Crippen molar-refractivity contribution in [2.24, 2.45) is 0 Å². The Hall–Kier alpha value is -2.10. The zero-order chi connectivity index (χ0) is 12.4. The Morgan fingerprint density at radius 1 is 1.41 bits per heavy atom. The minimum Gasteiger partial charge on any atom is -0.496 e. The zero-order valence-corrected chi connectivity index (χ0v) is 9.74.